The summed E-state index contributed by atoms with van der Waals surface area (Å²) in [6, 6.07) is 14.2. The summed E-state index contributed by atoms with van der Waals surface area (Å²) in [4.78, 5) is 25.6. The molecule has 1 aliphatic rings. The Kier molecular flexibility index (Phi) is 7.08. The molecule has 1 fully saturated rings. The lowest BCUT2D eigenvalue weighted by Gasteiger charge is -2.29. The number of ether oxygens (including phenoxy) is 1. The molecule has 2 aromatic carbocycles. The molecule has 0 bridgehead atoms. The molecular formula is C22H27N3O4. The molecule has 29 heavy (non-hydrogen) atoms. The van der Waals surface area contributed by atoms with Gasteiger partial charge in [0.15, 0.2) is 0 Å². The lowest BCUT2D eigenvalue weighted by Crippen LogP contribution is -2.41. The molecule has 7 heteroatoms. The average Bonchev–Trinajstić information content (AvgIpc) is 3.27. The van der Waals surface area contributed by atoms with Crippen LogP contribution in [0.4, 0.5) is 4.79 Å². The van der Waals surface area contributed by atoms with Crippen LogP contribution < -0.4 is 15.4 Å². The van der Waals surface area contributed by atoms with Crippen molar-refractivity contribution in [3.05, 3.63) is 65.2 Å². The van der Waals surface area contributed by atoms with Gasteiger partial charge in [0.25, 0.3) is 0 Å². The number of carboxylic acids is 1. The molecule has 1 heterocycles. The summed E-state index contributed by atoms with van der Waals surface area (Å²) < 4.78 is 5.53. The van der Waals surface area contributed by atoms with Crippen LogP contribution in [0.2, 0.25) is 0 Å². The normalized spacial score (nSPS) is 14.9. The Morgan fingerprint density at radius 1 is 1.07 bits per heavy atom. The SMILES string of the molecule is COc1ccccc1C(CNC(=O)NCc1ccc(C(=O)O)cc1)N1CCCC1. The van der Waals surface area contributed by atoms with Crippen molar-refractivity contribution in [1.29, 1.82) is 0 Å². The van der Waals surface area contributed by atoms with Crippen LogP contribution in [0.5, 0.6) is 5.75 Å². The predicted molar refractivity (Wildman–Crippen MR) is 110 cm³/mol. The summed E-state index contributed by atoms with van der Waals surface area (Å²) in [7, 11) is 1.66. The Hall–Kier alpha value is -3.06. The van der Waals surface area contributed by atoms with Gasteiger partial charge in [-0.1, -0.05) is 30.3 Å². The summed E-state index contributed by atoms with van der Waals surface area (Å²) in [5, 5.41) is 14.7. The molecular weight excluding hydrogens is 370 g/mol. The first-order valence-electron chi connectivity index (χ1n) is 9.79. The number of rotatable bonds is 8. The molecule has 1 atom stereocenters. The zero-order valence-corrected chi connectivity index (χ0v) is 16.6. The van der Waals surface area contributed by atoms with Crippen LogP contribution in [0.3, 0.4) is 0 Å². The fraction of sp³-hybridized carbons (Fsp3) is 0.364. The second-order valence-electron chi connectivity index (χ2n) is 7.07. The zero-order chi connectivity index (χ0) is 20.6. The van der Waals surface area contributed by atoms with Crippen LogP contribution in [0.15, 0.2) is 48.5 Å². The summed E-state index contributed by atoms with van der Waals surface area (Å²) in [6.45, 7) is 2.81. The number of hydrogen-bond acceptors (Lipinski definition) is 4. The highest BCUT2D eigenvalue weighted by Gasteiger charge is 2.26. The van der Waals surface area contributed by atoms with E-state index in [1.807, 2.05) is 24.3 Å². The summed E-state index contributed by atoms with van der Waals surface area (Å²) >= 11 is 0. The van der Waals surface area contributed by atoms with Gasteiger partial charge in [-0.05, 0) is 49.7 Å². The number of carbonyl (C=O) groups is 2. The maximum atomic E-state index is 12.3. The second kappa shape index (κ2) is 9.93. The Balaban J connectivity index is 1.58. The summed E-state index contributed by atoms with van der Waals surface area (Å²) in [5.41, 5.74) is 2.14. The number of methoxy groups -OCH3 is 1. The highest BCUT2D eigenvalue weighted by molar-refractivity contribution is 5.87. The molecule has 3 rings (SSSR count). The fourth-order valence-electron chi connectivity index (χ4n) is 3.63. The van der Waals surface area contributed by atoms with Gasteiger partial charge in [-0.15, -0.1) is 0 Å². The van der Waals surface area contributed by atoms with Gasteiger partial charge in [0, 0.05) is 18.7 Å². The Bertz CT molecular complexity index is 832. The minimum atomic E-state index is -0.966. The second-order valence-corrected chi connectivity index (χ2v) is 7.07. The number of nitrogens with zero attached hydrogens (tertiary/aromatic N) is 1. The maximum Gasteiger partial charge on any atom is 0.335 e. The van der Waals surface area contributed by atoms with Crippen molar-refractivity contribution in [2.45, 2.75) is 25.4 Å². The highest BCUT2D eigenvalue weighted by Crippen LogP contribution is 2.31. The smallest absolute Gasteiger partial charge is 0.335 e. The molecule has 1 unspecified atom stereocenters. The molecule has 1 saturated heterocycles. The van der Waals surface area contributed by atoms with Crippen LogP contribution in [-0.2, 0) is 6.54 Å². The van der Waals surface area contributed by atoms with E-state index in [1.54, 1.807) is 19.2 Å². The Morgan fingerprint density at radius 2 is 1.76 bits per heavy atom. The molecule has 0 radical (unpaired) electrons. The van der Waals surface area contributed by atoms with Gasteiger partial charge in [-0.2, -0.15) is 0 Å². The summed E-state index contributed by atoms with van der Waals surface area (Å²) in [5.74, 6) is -0.142. The van der Waals surface area contributed by atoms with Crippen molar-refractivity contribution < 1.29 is 19.4 Å². The van der Waals surface area contributed by atoms with E-state index in [4.69, 9.17) is 9.84 Å². The van der Waals surface area contributed by atoms with E-state index in [2.05, 4.69) is 15.5 Å². The van der Waals surface area contributed by atoms with Gasteiger partial charge in [0.2, 0.25) is 0 Å². The molecule has 2 aromatic rings. The third kappa shape index (κ3) is 5.48. The summed E-state index contributed by atoms with van der Waals surface area (Å²) in [6.07, 6.45) is 2.31. The van der Waals surface area contributed by atoms with Crippen LogP contribution >= 0.6 is 0 Å². The van der Waals surface area contributed by atoms with E-state index in [1.165, 1.54) is 12.1 Å². The quantitative estimate of drug-likeness (QED) is 0.637. The number of likely N-dealkylation sites (tertiary alicyclic amines) is 1. The van der Waals surface area contributed by atoms with Crippen molar-refractivity contribution in [3.8, 4) is 5.75 Å². The van der Waals surface area contributed by atoms with Crippen molar-refractivity contribution in [2.75, 3.05) is 26.7 Å². The van der Waals surface area contributed by atoms with E-state index >= 15 is 0 Å². The maximum absolute atomic E-state index is 12.3. The molecule has 0 spiro atoms. The molecule has 2 amide bonds. The number of carboxylic acid groups (broad SMARTS) is 1. The van der Waals surface area contributed by atoms with Crippen LogP contribution in [-0.4, -0.2) is 48.8 Å². The zero-order valence-electron chi connectivity index (χ0n) is 16.6. The third-order valence-electron chi connectivity index (χ3n) is 5.19. The molecule has 0 saturated carbocycles. The number of nitrogens with one attached hydrogen (secondary N) is 2. The van der Waals surface area contributed by atoms with Gasteiger partial charge in [0.1, 0.15) is 5.75 Å². The minimum absolute atomic E-state index is 0.0502. The first-order valence-corrected chi connectivity index (χ1v) is 9.79. The first-order chi connectivity index (χ1) is 14.1. The minimum Gasteiger partial charge on any atom is -0.496 e. The van der Waals surface area contributed by atoms with E-state index in [0.717, 1.165) is 42.8 Å². The molecule has 1 aliphatic heterocycles. The average molecular weight is 397 g/mol. The molecule has 0 aromatic heterocycles. The van der Waals surface area contributed by atoms with Gasteiger partial charge in [0.05, 0.1) is 18.7 Å². The van der Waals surface area contributed by atoms with Gasteiger partial charge in [-0.3, -0.25) is 4.90 Å². The molecule has 154 valence electrons. The lowest BCUT2D eigenvalue weighted by molar-refractivity contribution is 0.0697. The standard InChI is InChI=1S/C22H27N3O4/c1-29-20-7-3-2-6-18(20)19(25-12-4-5-13-25)15-24-22(28)23-14-16-8-10-17(11-9-16)21(26)27/h2-3,6-11,19H,4-5,12-15H2,1H3,(H,26,27)(H2,23,24,28). The number of urea groups is 1. The van der Waals surface area contributed by atoms with E-state index in [0.29, 0.717) is 13.1 Å². The van der Waals surface area contributed by atoms with Crippen molar-refractivity contribution >= 4 is 12.0 Å². The van der Waals surface area contributed by atoms with Crippen molar-refractivity contribution in [1.82, 2.24) is 15.5 Å². The molecule has 3 N–H and O–H groups in total. The Morgan fingerprint density at radius 3 is 2.41 bits per heavy atom. The van der Waals surface area contributed by atoms with Gasteiger partial charge < -0.3 is 20.5 Å². The lowest BCUT2D eigenvalue weighted by atomic mass is 10.0. The number of hydrogen-bond donors (Lipinski definition) is 3. The van der Waals surface area contributed by atoms with E-state index in [-0.39, 0.29) is 17.6 Å². The topological polar surface area (TPSA) is 90.9 Å². The first kappa shape index (κ1) is 20.7. The van der Waals surface area contributed by atoms with E-state index in [9.17, 15) is 9.59 Å². The highest BCUT2D eigenvalue weighted by atomic mass is 16.5. The van der Waals surface area contributed by atoms with Crippen LogP contribution in [0, 0.1) is 0 Å². The van der Waals surface area contributed by atoms with Crippen LogP contribution in [0.1, 0.15) is 40.4 Å². The largest absolute Gasteiger partial charge is 0.496 e. The number of para-hydroxylation sites is 1. The fourth-order valence-corrected chi connectivity index (χ4v) is 3.63. The molecule has 7 nitrogen and oxygen atoms in total. The number of aromatic carboxylic acids is 1. The predicted octanol–water partition coefficient (Wildman–Crippen LogP) is 3.03. The van der Waals surface area contributed by atoms with E-state index < -0.39 is 5.97 Å². The third-order valence-corrected chi connectivity index (χ3v) is 5.19. The monoisotopic (exact) mass is 397 g/mol. The Labute approximate surface area is 170 Å². The molecule has 0 aliphatic carbocycles. The van der Waals surface area contributed by atoms with Gasteiger partial charge >= 0.3 is 12.0 Å². The number of benzene rings is 2. The van der Waals surface area contributed by atoms with Gasteiger partial charge in [-0.25, -0.2) is 9.59 Å². The van der Waals surface area contributed by atoms with Crippen molar-refractivity contribution in [3.63, 3.8) is 0 Å². The van der Waals surface area contributed by atoms with Crippen LogP contribution in [0.25, 0.3) is 0 Å². The number of amides is 2. The number of carbonyl (C=O) groups excluding carboxylic acids is 1. The van der Waals surface area contributed by atoms with Crippen molar-refractivity contribution in [2.24, 2.45) is 0 Å².